The van der Waals surface area contributed by atoms with Gasteiger partial charge < -0.3 is 5.32 Å². The predicted molar refractivity (Wildman–Crippen MR) is 89.4 cm³/mol. The first-order valence-electron chi connectivity index (χ1n) is 6.54. The third kappa shape index (κ3) is 3.64. The molecular weight excluding hydrogens is 339 g/mol. The topological polar surface area (TPSA) is 66.9 Å². The second-order valence-corrected chi connectivity index (χ2v) is 5.84. The minimum absolute atomic E-state index is 0.0841. The van der Waals surface area contributed by atoms with Crippen molar-refractivity contribution in [2.75, 3.05) is 10.6 Å². The summed E-state index contributed by atoms with van der Waals surface area (Å²) in [7, 11) is 0. The van der Waals surface area contributed by atoms with Crippen LogP contribution in [0.15, 0.2) is 48.5 Å². The lowest BCUT2D eigenvalue weighted by Gasteiger charge is -2.05. The number of urea groups is 1. The summed E-state index contributed by atoms with van der Waals surface area (Å²) in [6, 6.07) is 12.5. The number of para-hydroxylation sites is 1. The quantitative estimate of drug-likeness (QED) is 0.724. The largest absolute Gasteiger partial charge is 0.325 e. The summed E-state index contributed by atoms with van der Waals surface area (Å²) < 4.78 is 13.5. The van der Waals surface area contributed by atoms with Crippen LogP contribution < -0.4 is 10.6 Å². The minimum atomic E-state index is -0.600. The number of rotatable bonds is 3. The molecule has 0 atom stereocenters. The number of carbonyl (C=O) groups excluding carboxylic acids is 1. The van der Waals surface area contributed by atoms with Crippen molar-refractivity contribution in [1.82, 2.24) is 10.2 Å². The molecule has 2 N–H and O–H groups in total. The first kappa shape index (κ1) is 15.4. The summed E-state index contributed by atoms with van der Waals surface area (Å²) in [5, 5.41) is 14.2. The SMILES string of the molecule is O=C(Nc1nnc(-c2ccccc2Cl)s1)Nc1ccccc1F. The summed E-state index contributed by atoms with van der Waals surface area (Å²) in [4.78, 5) is 11.9. The van der Waals surface area contributed by atoms with Crippen LogP contribution in [0.2, 0.25) is 5.02 Å². The van der Waals surface area contributed by atoms with E-state index in [1.54, 1.807) is 18.2 Å². The number of nitrogens with one attached hydrogen (secondary N) is 2. The number of halogens is 2. The van der Waals surface area contributed by atoms with E-state index in [9.17, 15) is 9.18 Å². The van der Waals surface area contributed by atoms with Gasteiger partial charge in [-0.15, -0.1) is 10.2 Å². The molecule has 0 saturated carbocycles. The number of carbonyl (C=O) groups is 1. The molecule has 0 spiro atoms. The zero-order valence-electron chi connectivity index (χ0n) is 11.6. The van der Waals surface area contributed by atoms with Gasteiger partial charge in [-0.2, -0.15) is 0 Å². The lowest BCUT2D eigenvalue weighted by Crippen LogP contribution is -2.19. The molecule has 1 heterocycles. The molecule has 2 amide bonds. The van der Waals surface area contributed by atoms with Crippen LogP contribution in [0.25, 0.3) is 10.6 Å². The van der Waals surface area contributed by atoms with Crippen molar-refractivity contribution in [2.45, 2.75) is 0 Å². The fourth-order valence-corrected chi connectivity index (χ4v) is 2.89. The van der Waals surface area contributed by atoms with Gasteiger partial charge in [-0.1, -0.05) is 53.3 Å². The van der Waals surface area contributed by atoms with Crippen molar-refractivity contribution in [2.24, 2.45) is 0 Å². The Labute approximate surface area is 140 Å². The maximum Gasteiger partial charge on any atom is 0.325 e. The average molecular weight is 349 g/mol. The van der Waals surface area contributed by atoms with Crippen LogP contribution in [0.3, 0.4) is 0 Å². The van der Waals surface area contributed by atoms with E-state index in [0.717, 1.165) is 5.56 Å². The van der Waals surface area contributed by atoms with E-state index >= 15 is 0 Å². The molecule has 3 rings (SSSR count). The van der Waals surface area contributed by atoms with Crippen molar-refractivity contribution in [3.63, 3.8) is 0 Å². The third-order valence-electron chi connectivity index (χ3n) is 2.87. The molecule has 3 aromatic rings. The van der Waals surface area contributed by atoms with E-state index < -0.39 is 11.8 Å². The Morgan fingerprint density at radius 2 is 1.78 bits per heavy atom. The van der Waals surface area contributed by atoms with Gasteiger partial charge in [0, 0.05) is 5.56 Å². The lowest BCUT2D eigenvalue weighted by atomic mass is 10.2. The molecule has 116 valence electrons. The van der Waals surface area contributed by atoms with Gasteiger partial charge in [-0.25, -0.2) is 9.18 Å². The minimum Gasteiger partial charge on any atom is -0.305 e. The van der Waals surface area contributed by atoms with Gasteiger partial charge in [0.2, 0.25) is 5.13 Å². The molecule has 0 aliphatic rings. The van der Waals surface area contributed by atoms with Crippen molar-refractivity contribution in [1.29, 1.82) is 0 Å². The Hall–Kier alpha value is -2.51. The molecule has 0 unspecified atom stereocenters. The van der Waals surface area contributed by atoms with Gasteiger partial charge in [0.05, 0.1) is 10.7 Å². The Morgan fingerprint density at radius 3 is 2.57 bits per heavy atom. The molecule has 8 heteroatoms. The summed E-state index contributed by atoms with van der Waals surface area (Å²) >= 11 is 7.27. The fraction of sp³-hybridized carbons (Fsp3) is 0. The number of hydrogen-bond donors (Lipinski definition) is 2. The van der Waals surface area contributed by atoms with Gasteiger partial charge >= 0.3 is 6.03 Å². The predicted octanol–water partition coefficient (Wildman–Crippen LogP) is 4.64. The van der Waals surface area contributed by atoms with Crippen molar-refractivity contribution in [3.8, 4) is 10.6 Å². The molecule has 2 aromatic carbocycles. The van der Waals surface area contributed by atoms with Gasteiger partial charge in [0.15, 0.2) is 5.01 Å². The van der Waals surface area contributed by atoms with Crippen LogP contribution in [-0.2, 0) is 0 Å². The Bertz CT molecular complexity index is 855. The summed E-state index contributed by atoms with van der Waals surface area (Å²) in [6.45, 7) is 0. The standard InChI is InChI=1S/C15H10ClFN4OS/c16-10-6-2-1-5-9(10)13-20-21-15(23-13)19-14(22)18-12-8-4-3-7-11(12)17/h1-8H,(H2,18,19,21,22). The number of amides is 2. The lowest BCUT2D eigenvalue weighted by molar-refractivity contribution is 0.262. The summed E-state index contributed by atoms with van der Waals surface area (Å²) in [5.41, 5.74) is 0.815. The normalized spacial score (nSPS) is 10.3. The number of nitrogens with zero attached hydrogens (tertiary/aromatic N) is 2. The number of benzene rings is 2. The molecule has 23 heavy (non-hydrogen) atoms. The van der Waals surface area contributed by atoms with E-state index in [0.29, 0.717) is 10.0 Å². The third-order valence-corrected chi connectivity index (χ3v) is 4.07. The van der Waals surface area contributed by atoms with Crippen molar-refractivity contribution < 1.29 is 9.18 Å². The smallest absolute Gasteiger partial charge is 0.305 e. The number of anilines is 2. The maximum atomic E-state index is 13.5. The van der Waals surface area contributed by atoms with Crippen LogP contribution in [0.1, 0.15) is 0 Å². The fourth-order valence-electron chi connectivity index (χ4n) is 1.83. The van der Waals surface area contributed by atoms with Crippen molar-refractivity contribution in [3.05, 3.63) is 59.4 Å². The van der Waals surface area contributed by atoms with E-state index in [-0.39, 0.29) is 10.8 Å². The highest BCUT2D eigenvalue weighted by Crippen LogP contribution is 2.31. The average Bonchev–Trinajstić information content (AvgIpc) is 2.98. The zero-order valence-corrected chi connectivity index (χ0v) is 13.2. The monoisotopic (exact) mass is 348 g/mol. The zero-order chi connectivity index (χ0) is 16.2. The van der Waals surface area contributed by atoms with Crippen LogP contribution in [0.4, 0.5) is 20.0 Å². The molecule has 0 aliphatic carbocycles. The van der Waals surface area contributed by atoms with E-state index in [1.807, 2.05) is 18.2 Å². The molecule has 0 bridgehead atoms. The van der Waals surface area contributed by atoms with Crippen LogP contribution in [-0.4, -0.2) is 16.2 Å². The molecule has 0 saturated heterocycles. The van der Waals surface area contributed by atoms with Crippen LogP contribution >= 0.6 is 22.9 Å². The number of hydrogen-bond acceptors (Lipinski definition) is 4. The van der Waals surface area contributed by atoms with Crippen LogP contribution in [0, 0.1) is 5.82 Å². The first-order valence-corrected chi connectivity index (χ1v) is 7.74. The summed E-state index contributed by atoms with van der Waals surface area (Å²) in [5.74, 6) is -0.517. The molecule has 0 fully saturated rings. The Balaban J connectivity index is 1.71. The van der Waals surface area contributed by atoms with Gasteiger partial charge in [-0.05, 0) is 18.2 Å². The first-order chi connectivity index (χ1) is 11.1. The second-order valence-electron chi connectivity index (χ2n) is 4.45. The highest BCUT2D eigenvalue weighted by atomic mass is 35.5. The summed E-state index contributed by atoms with van der Waals surface area (Å²) in [6.07, 6.45) is 0. The van der Waals surface area contributed by atoms with Gasteiger partial charge in [0.25, 0.3) is 0 Å². The Morgan fingerprint density at radius 1 is 1.04 bits per heavy atom. The van der Waals surface area contributed by atoms with Gasteiger partial charge in [0.1, 0.15) is 5.82 Å². The van der Waals surface area contributed by atoms with E-state index in [1.165, 1.54) is 23.5 Å². The Kier molecular flexibility index (Phi) is 4.50. The van der Waals surface area contributed by atoms with E-state index in [4.69, 9.17) is 11.6 Å². The molecule has 0 aliphatic heterocycles. The van der Waals surface area contributed by atoms with E-state index in [2.05, 4.69) is 20.8 Å². The second kappa shape index (κ2) is 6.72. The van der Waals surface area contributed by atoms with Gasteiger partial charge in [-0.3, -0.25) is 5.32 Å². The highest BCUT2D eigenvalue weighted by molar-refractivity contribution is 7.18. The molecular formula is C15H10ClFN4OS. The van der Waals surface area contributed by atoms with Crippen molar-refractivity contribution >= 4 is 39.8 Å². The number of aromatic nitrogens is 2. The molecule has 5 nitrogen and oxygen atoms in total. The maximum absolute atomic E-state index is 13.5. The molecule has 1 aromatic heterocycles. The highest BCUT2D eigenvalue weighted by Gasteiger charge is 2.12. The van der Waals surface area contributed by atoms with Crippen LogP contribution in [0.5, 0.6) is 0 Å². The molecule has 0 radical (unpaired) electrons.